The summed E-state index contributed by atoms with van der Waals surface area (Å²) in [5.41, 5.74) is 2.41. The molecule has 0 unspecified atom stereocenters. The van der Waals surface area contributed by atoms with Crippen molar-refractivity contribution < 1.29 is 0 Å². The molecule has 1 saturated carbocycles. The van der Waals surface area contributed by atoms with Crippen molar-refractivity contribution in [2.75, 3.05) is 0 Å². The van der Waals surface area contributed by atoms with E-state index >= 15 is 0 Å². The van der Waals surface area contributed by atoms with Gasteiger partial charge in [-0.05, 0) is 30.7 Å². The van der Waals surface area contributed by atoms with E-state index in [1.165, 1.54) is 24.2 Å². The molecule has 0 atom stereocenters. The van der Waals surface area contributed by atoms with Gasteiger partial charge < -0.3 is 0 Å². The van der Waals surface area contributed by atoms with Gasteiger partial charge in [0.25, 0.3) is 0 Å². The SMILES string of the molecule is CC(C)c1cc(C(C)C)nc(C2CC2)n1. The van der Waals surface area contributed by atoms with Gasteiger partial charge in [-0.2, -0.15) is 0 Å². The van der Waals surface area contributed by atoms with Gasteiger partial charge in [0.2, 0.25) is 0 Å². The highest BCUT2D eigenvalue weighted by molar-refractivity contribution is 5.19. The van der Waals surface area contributed by atoms with Crippen LogP contribution in [0.4, 0.5) is 0 Å². The molecule has 1 fully saturated rings. The molecule has 0 bridgehead atoms. The largest absolute Gasteiger partial charge is 0.237 e. The van der Waals surface area contributed by atoms with E-state index < -0.39 is 0 Å². The zero-order chi connectivity index (χ0) is 11.0. The summed E-state index contributed by atoms with van der Waals surface area (Å²) in [6, 6.07) is 2.17. The summed E-state index contributed by atoms with van der Waals surface area (Å²) in [5, 5.41) is 0. The summed E-state index contributed by atoms with van der Waals surface area (Å²) >= 11 is 0. The molecule has 1 aromatic heterocycles. The van der Waals surface area contributed by atoms with Crippen molar-refractivity contribution in [2.45, 2.75) is 58.3 Å². The monoisotopic (exact) mass is 204 g/mol. The number of aromatic nitrogens is 2. The maximum absolute atomic E-state index is 4.67. The maximum Gasteiger partial charge on any atom is 0.131 e. The summed E-state index contributed by atoms with van der Waals surface area (Å²) in [4.78, 5) is 9.33. The smallest absolute Gasteiger partial charge is 0.131 e. The molecule has 1 aromatic rings. The second kappa shape index (κ2) is 3.92. The molecule has 1 heterocycles. The predicted octanol–water partition coefficient (Wildman–Crippen LogP) is 3.60. The van der Waals surface area contributed by atoms with Crippen molar-refractivity contribution in [2.24, 2.45) is 0 Å². The third-order valence-electron chi connectivity index (χ3n) is 2.91. The molecular weight excluding hydrogens is 184 g/mol. The summed E-state index contributed by atoms with van der Waals surface area (Å²) in [6.07, 6.45) is 2.55. The third-order valence-corrected chi connectivity index (χ3v) is 2.91. The molecule has 0 radical (unpaired) electrons. The van der Waals surface area contributed by atoms with Crippen LogP contribution >= 0.6 is 0 Å². The third kappa shape index (κ3) is 2.36. The summed E-state index contributed by atoms with van der Waals surface area (Å²) < 4.78 is 0. The molecule has 2 nitrogen and oxygen atoms in total. The molecule has 2 heteroatoms. The lowest BCUT2D eigenvalue weighted by Gasteiger charge is -2.11. The fourth-order valence-electron chi connectivity index (χ4n) is 1.62. The lowest BCUT2D eigenvalue weighted by Crippen LogP contribution is -2.05. The summed E-state index contributed by atoms with van der Waals surface area (Å²) in [7, 11) is 0. The molecular formula is C13H20N2. The van der Waals surface area contributed by atoms with E-state index in [9.17, 15) is 0 Å². The lowest BCUT2D eigenvalue weighted by molar-refractivity contribution is 0.734. The van der Waals surface area contributed by atoms with E-state index in [0.717, 1.165) is 5.82 Å². The summed E-state index contributed by atoms with van der Waals surface area (Å²) in [6.45, 7) is 8.79. The van der Waals surface area contributed by atoms with Gasteiger partial charge in [0.1, 0.15) is 5.82 Å². The first-order valence-corrected chi connectivity index (χ1v) is 5.96. The highest BCUT2D eigenvalue weighted by Crippen LogP contribution is 2.38. The zero-order valence-electron chi connectivity index (χ0n) is 10.1. The van der Waals surface area contributed by atoms with Crippen molar-refractivity contribution in [3.63, 3.8) is 0 Å². The van der Waals surface area contributed by atoms with E-state index in [0.29, 0.717) is 17.8 Å². The van der Waals surface area contributed by atoms with Crippen LogP contribution in [0.25, 0.3) is 0 Å². The lowest BCUT2D eigenvalue weighted by atomic mass is 10.0. The second-order valence-electron chi connectivity index (χ2n) is 5.16. The van der Waals surface area contributed by atoms with Crippen LogP contribution in [0, 0.1) is 0 Å². The molecule has 82 valence electrons. The van der Waals surface area contributed by atoms with Gasteiger partial charge in [-0.15, -0.1) is 0 Å². The van der Waals surface area contributed by atoms with Crippen molar-refractivity contribution in [3.8, 4) is 0 Å². The first-order valence-electron chi connectivity index (χ1n) is 5.96. The fourth-order valence-corrected chi connectivity index (χ4v) is 1.62. The number of hydrogen-bond donors (Lipinski definition) is 0. The van der Waals surface area contributed by atoms with Gasteiger partial charge in [0.05, 0.1) is 0 Å². The molecule has 0 N–H and O–H groups in total. The Bertz CT molecular complexity index is 295. The van der Waals surface area contributed by atoms with E-state index in [4.69, 9.17) is 0 Å². The maximum atomic E-state index is 4.67. The standard InChI is InChI=1S/C13H20N2/c1-8(2)11-7-12(9(3)4)15-13(14-11)10-5-6-10/h7-10H,5-6H2,1-4H3. The van der Waals surface area contributed by atoms with Crippen molar-refractivity contribution in [3.05, 3.63) is 23.3 Å². The number of hydrogen-bond acceptors (Lipinski definition) is 2. The van der Waals surface area contributed by atoms with Gasteiger partial charge in [0, 0.05) is 17.3 Å². The average Bonchev–Trinajstić information content (AvgIpc) is 3.00. The number of nitrogens with zero attached hydrogens (tertiary/aromatic N) is 2. The van der Waals surface area contributed by atoms with Crippen LogP contribution in [0.3, 0.4) is 0 Å². The molecule has 0 aromatic carbocycles. The predicted molar refractivity (Wildman–Crippen MR) is 62.2 cm³/mol. The molecule has 0 aliphatic heterocycles. The Morgan fingerprint density at radius 2 is 1.47 bits per heavy atom. The van der Waals surface area contributed by atoms with E-state index in [2.05, 4.69) is 43.7 Å². The Balaban J connectivity index is 2.39. The topological polar surface area (TPSA) is 25.8 Å². The molecule has 1 aliphatic carbocycles. The van der Waals surface area contributed by atoms with Crippen LogP contribution in [-0.2, 0) is 0 Å². The molecule has 0 amide bonds. The van der Waals surface area contributed by atoms with Gasteiger partial charge in [0.15, 0.2) is 0 Å². The Labute approximate surface area is 92.1 Å². The molecule has 0 spiro atoms. The second-order valence-corrected chi connectivity index (χ2v) is 5.16. The Hall–Kier alpha value is -0.920. The Morgan fingerprint density at radius 3 is 1.80 bits per heavy atom. The Morgan fingerprint density at radius 1 is 1.00 bits per heavy atom. The normalized spacial score (nSPS) is 16.4. The first-order chi connectivity index (χ1) is 7.08. The van der Waals surface area contributed by atoms with E-state index in [-0.39, 0.29) is 0 Å². The van der Waals surface area contributed by atoms with Crippen molar-refractivity contribution in [1.29, 1.82) is 0 Å². The Kier molecular flexibility index (Phi) is 2.76. The molecule has 2 rings (SSSR count). The summed E-state index contributed by atoms with van der Waals surface area (Å²) in [5.74, 6) is 2.75. The average molecular weight is 204 g/mol. The molecule has 15 heavy (non-hydrogen) atoms. The molecule has 0 saturated heterocycles. The highest BCUT2D eigenvalue weighted by Gasteiger charge is 2.27. The van der Waals surface area contributed by atoms with Gasteiger partial charge >= 0.3 is 0 Å². The highest BCUT2D eigenvalue weighted by atomic mass is 14.9. The quantitative estimate of drug-likeness (QED) is 0.751. The zero-order valence-corrected chi connectivity index (χ0v) is 10.1. The molecule has 1 aliphatic rings. The van der Waals surface area contributed by atoms with Crippen molar-refractivity contribution >= 4 is 0 Å². The van der Waals surface area contributed by atoms with E-state index in [1.54, 1.807) is 0 Å². The van der Waals surface area contributed by atoms with Crippen LogP contribution in [0.5, 0.6) is 0 Å². The van der Waals surface area contributed by atoms with Gasteiger partial charge in [-0.1, -0.05) is 27.7 Å². The minimum Gasteiger partial charge on any atom is -0.237 e. The fraction of sp³-hybridized carbons (Fsp3) is 0.692. The van der Waals surface area contributed by atoms with Crippen LogP contribution in [0.15, 0.2) is 6.07 Å². The van der Waals surface area contributed by atoms with E-state index in [1.807, 2.05) is 0 Å². The van der Waals surface area contributed by atoms with Crippen LogP contribution in [0.2, 0.25) is 0 Å². The van der Waals surface area contributed by atoms with Crippen LogP contribution < -0.4 is 0 Å². The van der Waals surface area contributed by atoms with Crippen LogP contribution in [0.1, 0.15) is 75.5 Å². The van der Waals surface area contributed by atoms with Gasteiger partial charge in [-0.25, -0.2) is 9.97 Å². The van der Waals surface area contributed by atoms with Crippen molar-refractivity contribution in [1.82, 2.24) is 9.97 Å². The van der Waals surface area contributed by atoms with Crippen LogP contribution in [-0.4, -0.2) is 9.97 Å². The number of rotatable bonds is 3. The first kappa shape index (κ1) is 10.6. The minimum absolute atomic E-state index is 0.503. The minimum atomic E-state index is 0.503. The van der Waals surface area contributed by atoms with Gasteiger partial charge in [-0.3, -0.25) is 0 Å².